The van der Waals surface area contributed by atoms with E-state index in [0.717, 1.165) is 42.4 Å². The van der Waals surface area contributed by atoms with Crippen LogP contribution in [-0.2, 0) is 11.2 Å². The van der Waals surface area contributed by atoms with E-state index in [1.165, 1.54) is 6.42 Å². The van der Waals surface area contributed by atoms with Gasteiger partial charge in [0, 0.05) is 6.54 Å². The van der Waals surface area contributed by atoms with Gasteiger partial charge in [-0.1, -0.05) is 6.07 Å². The van der Waals surface area contributed by atoms with E-state index in [2.05, 4.69) is 15.6 Å². The highest BCUT2D eigenvalue weighted by atomic mass is 32.1. The summed E-state index contributed by atoms with van der Waals surface area (Å²) >= 11 is 1.58. The maximum atomic E-state index is 12.0. The second-order valence-corrected chi connectivity index (χ2v) is 6.62. The molecule has 2 N–H and O–H groups in total. The summed E-state index contributed by atoms with van der Waals surface area (Å²) in [5.41, 5.74) is 0.725. The van der Waals surface area contributed by atoms with E-state index in [-0.39, 0.29) is 12.3 Å². The van der Waals surface area contributed by atoms with Crippen molar-refractivity contribution in [3.05, 3.63) is 29.0 Å². The fourth-order valence-electron chi connectivity index (χ4n) is 2.69. The summed E-state index contributed by atoms with van der Waals surface area (Å²) in [6.07, 6.45) is 2.53. The molecule has 5 nitrogen and oxygen atoms in total. The van der Waals surface area contributed by atoms with E-state index < -0.39 is 0 Å². The summed E-state index contributed by atoms with van der Waals surface area (Å²) in [6.45, 7) is 4.77. The fraction of sp³-hybridized carbons (Fsp3) is 0.500. The van der Waals surface area contributed by atoms with Crippen LogP contribution < -0.4 is 10.6 Å². The van der Waals surface area contributed by atoms with Crippen molar-refractivity contribution in [2.24, 2.45) is 5.92 Å². The summed E-state index contributed by atoms with van der Waals surface area (Å²) in [6, 6.07) is 3.93. The molecule has 1 fully saturated rings. The van der Waals surface area contributed by atoms with Crippen molar-refractivity contribution >= 4 is 17.2 Å². The van der Waals surface area contributed by atoms with Crippen molar-refractivity contribution in [1.82, 2.24) is 15.6 Å². The highest BCUT2D eigenvalue weighted by Crippen LogP contribution is 2.26. The molecule has 1 aliphatic rings. The smallest absolute Gasteiger partial charge is 0.236 e. The van der Waals surface area contributed by atoms with Gasteiger partial charge in [-0.05, 0) is 50.2 Å². The first kappa shape index (κ1) is 15.2. The third kappa shape index (κ3) is 3.75. The van der Waals surface area contributed by atoms with E-state index in [9.17, 15) is 4.79 Å². The second kappa shape index (κ2) is 7.07. The number of aryl methyl sites for hydroxylation is 1. The summed E-state index contributed by atoms with van der Waals surface area (Å²) < 4.78 is 5.66. The van der Waals surface area contributed by atoms with Crippen LogP contribution in [-0.4, -0.2) is 30.5 Å². The van der Waals surface area contributed by atoms with Crippen molar-refractivity contribution in [2.75, 3.05) is 19.6 Å². The highest BCUT2D eigenvalue weighted by molar-refractivity contribution is 7.13. The Morgan fingerprint density at radius 1 is 1.59 bits per heavy atom. The van der Waals surface area contributed by atoms with E-state index in [4.69, 9.17) is 4.42 Å². The maximum Gasteiger partial charge on any atom is 0.236 e. The molecule has 1 unspecified atom stereocenters. The van der Waals surface area contributed by atoms with Gasteiger partial charge in [-0.3, -0.25) is 4.79 Å². The van der Waals surface area contributed by atoms with Gasteiger partial charge in [0.15, 0.2) is 0 Å². The molecule has 1 saturated heterocycles. The lowest BCUT2D eigenvalue weighted by Gasteiger charge is -2.08. The van der Waals surface area contributed by atoms with E-state index in [1.54, 1.807) is 11.3 Å². The van der Waals surface area contributed by atoms with E-state index >= 15 is 0 Å². The lowest BCUT2D eigenvalue weighted by Crippen LogP contribution is -2.28. The minimum absolute atomic E-state index is 0.0140. The first-order valence-corrected chi connectivity index (χ1v) is 8.58. The number of hydrogen-bond acceptors (Lipinski definition) is 5. The van der Waals surface area contributed by atoms with Crippen LogP contribution in [0, 0.1) is 12.8 Å². The predicted octanol–water partition coefficient (Wildman–Crippen LogP) is 2.37. The van der Waals surface area contributed by atoms with Gasteiger partial charge in [0.25, 0.3) is 0 Å². The van der Waals surface area contributed by atoms with Crippen LogP contribution in [0.2, 0.25) is 0 Å². The summed E-state index contributed by atoms with van der Waals surface area (Å²) in [5.74, 6) is 2.03. The van der Waals surface area contributed by atoms with Crippen molar-refractivity contribution in [1.29, 1.82) is 0 Å². The van der Waals surface area contributed by atoms with E-state index in [1.807, 2.05) is 24.4 Å². The average Bonchev–Trinajstić information content (AvgIpc) is 3.21. The zero-order valence-electron chi connectivity index (χ0n) is 12.7. The van der Waals surface area contributed by atoms with Crippen LogP contribution in [0.5, 0.6) is 0 Å². The lowest BCUT2D eigenvalue weighted by molar-refractivity contribution is -0.120. The zero-order valence-corrected chi connectivity index (χ0v) is 13.5. The Hall–Kier alpha value is -1.66. The van der Waals surface area contributed by atoms with Gasteiger partial charge >= 0.3 is 0 Å². The number of oxazole rings is 1. The molecule has 3 heterocycles. The summed E-state index contributed by atoms with van der Waals surface area (Å²) in [4.78, 5) is 17.5. The minimum atomic E-state index is 0.0140. The number of aromatic nitrogens is 1. The molecule has 118 valence electrons. The molecule has 1 aliphatic heterocycles. The first-order valence-electron chi connectivity index (χ1n) is 7.70. The zero-order chi connectivity index (χ0) is 15.4. The Morgan fingerprint density at radius 3 is 3.23 bits per heavy atom. The van der Waals surface area contributed by atoms with Crippen molar-refractivity contribution in [2.45, 2.75) is 26.2 Å². The topological polar surface area (TPSA) is 67.2 Å². The normalized spacial score (nSPS) is 17.8. The summed E-state index contributed by atoms with van der Waals surface area (Å²) in [7, 11) is 0. The van der Waals surface area contributed by atoms with Gasteiger partial charge in [0.2, 0.25) is 11.8 Å². The van der Waals surface area contributed by atoms with Gasteiger partial charge in [-0.15, -0.1) is 11.3 Å². The van der Waals surface area contributed by atoms with Crippen LogP contribution >= 0.6 is 11.3 Å². The number of nitrogens with zero attached hydrogens (tertiary/aromatic N) is 1. The SMILES string of the molecule is Cc1oc(-c2cccs2)nc1CC(=O)NCCC1CCNC1. The van der Waals surface area contributed by atoms with Crippen LogP contribution in [0.25, 0.3) is 10.8 Å². The van der Waals surface area contributed by atoms with Crippen molar-refractivity contribution < 1.29 is 9.21 Å². The number of nitrogens with one attached hydrogen (secondary N) is 2. The van der Waals surface area contributed by atoms with Crippen LogP contribution in [0.4, 0.5) is 0 Å². The number of carbonyl (C=O) groups is 1. The average molecular weight is 319 g/mol. The Kier molecular flexibility index (Phi) is 4.90. The third-order valence-corrected chi connectivity index (χ3v) is 4.85. The number of thiophene rings is 1. The fourth-order valence-corrected chi connectivity index (χ4v) is 3.34. The molecule has 2 aromatic rings. The lowest BCUT2D eigenvalue weighted by atomic mass is 10.1. The number of amides is 1. The van der Waals surface area contributed by atoms with Crippen molar-refractivity contribution in [3.63, 3.8) is 0 Å². The maximum absolute atomic E-state index is 12.0. The number of carbonyl (C=O) groups excluding carboxylic acids is 1. The quantitative estimate of drug-likeness (QED) is 0.858. The molecule has 0 spiro atoms. The Morgan fingerprint density at radius 2 is 2.50 bits per heavy atom. The molecule has 0 radical (unpaired) electrons. The first-order chi connectivity index (χ1) is 10.7. The molecular weight excluding hydrogens is 298 g/mol. The molecule has 22 heavy (non-hydrogen) atoms. The Balaban J connectivity index is 1.50. The van der Waals surface area contributed by atoms with Gasteiger partial charge in [-0.25, -0.2) is 4.98 Å². The summed E-state index contributed by atoms with van der Waals surface area (Å²) in [5, 5.41) is 8.31. The van der Waals surface area contributed by atoms with Gasteiger partial charge in [-0.2, -0.15) is 0 Å². The van der Waals surface area contributed by atoms with Crippen LogP contribution in [0.3, 0.4) is 0 Å². The van der Waals surface area contributed by atoms with Crippen LogP contribution in [0.1, 0.15) is 24.3 Å². The van der Waals surface area contributed by atoms with Gasteiger partial charge in [0.05, 0.1) is 17.0 Å². The van der Waals surface area contributed by atoms with E-state index in [0.29, 0.717) is 11.8 Å². The molecule has 0 bridgehead atoms. The third-order valence-electron chi connectivity index (χ3n) is 3.99. The molecular formula is C16H21N3O2S. The minimum Gasteiger partial charge on any atom is -0.440 e. The second-order valence-electron chi connectivity index (χ2n) is 5.67. The molecule has 0 aliphatic carbocycles. The highest BCUT2D eigenvalue weighted by Gasteiger charge is 2.16. The molecule has 1 amide bonds. The standard InChI is InChI=1S/C16H21N3O2S/c1-11-13(19-16(21-11)14-3-2-8-22-14)9-15(20)18-7-5-12-4-6-17-10-12/h2-3,8,12,17H,4-7,9-10H2,1H3,(H,18,20). The Labute approximate surface area is 134 Å². The number of hydrogen-bond donors (Lipinski definition) is 2. The van der Waals surface area contributed by atoms with Crippen LogP contribution in [0.15, 0.2) is 21.9 Å². The number of rotatable bonds is 6. The molecule has 0 saturated carbocycles. The molecule has 0 aromatic carbocycles. The molecule has 2 aromatic heterocycles. The monoisotopic (exact) mass is 319 g/mol. The predicted molar refractivity (Wildman–Crippen MR) is 86.9 cm³/mol. The molecule has 1 atom stereocenters. The van der Waals surface area contributed by atoms with Crippen molar-refractivity contribution in [3.8, 4) is 10.8 Å². The largest absolute Gasteiger partial charge is 0.440 e. The van der Waals surface area contributed by atoms with Gasteiger partial charge < -0.3 is 15.1 Å². The van der Waals surface area contributed by atoms with Gasteiger partial charge in [0.1, 0.15) is 5.76 Å². The molecule has 3 rings (SSSR count). The Bertz CT molecular complexity index is 615. The molecule has 6 heteroatoms.